The van der Waals surface area contributed by atoms with Crippen LogP contribution in [0, 0.1) is 5.92 Å². The molecule has 2 N–H and O–H groups in total. The van der Waals surface area contributed by atoms with Crippen LogP contribution in [0.15, 0.2) is 41.8 Å². The number of hydrogen-bond donors (Lipinski definition) is 2. The van der Waals surface area contributed by atoms with E-state index in [0.29, 0.717) is 29.0 Å². The Labute approximate surface area is 140 Å². The summed E-state index contributed by atoms with van der Waals surface area (Å²) in [4.78, 5) is 25.5. The van der Waals surface area contributed by atoms with Crippen LogP contribution in [0.1, 0.15) is 45.9 Å². The number of rotatable bonds is 7. The molecule has 1 heterocycles. The molecule has 0 aliphatic rings. The van der Waals surface area contributed by atoms with Crippen molar-refractivity contribution in [2.45, 2.75) is 26.4 Å². The van der Waals surface area contributed by atoms with E-state index in [9.17, 15) is 14.7 Å². The molecule has 0 bridgehead atoms. The minimum absolute atomic E-state index is 0.145. The third kappa shape index (κ3) is 4.50. The highest BCUT2D eigenvalue weighted by atomic mass is 32.1. The highest BCUT2D eigenvalue weighted by Crippen LogP contribution is 2.18. The molecule has 0 spiro atoms. The third-order valence-electron chi connectivity index (χ3n) is 3.66. The van der Waals surface area contributed by atoms with Crippen LogP contribution in [0.2, 0.25) is 0 Å². The van der Waals surface area contributed by atoms with Gasteiger partial charge in [0.2, 0.25) is 5.78 Å². The van der Waals surface area contributed by atoms with Gasteiger partial charge in [0.1, 0.15) is 0 Å². The van der Waals surface area contributed by atoms with Gasteiger partial charge in [0.05, 0.1) is 16.5 Å². The van der Waals surface area contributed by atoms with E-state index in [1.807, 2.05) is 25.3 Å². The molecule has 0 aliphatic heterocycles. The summed E-state index contributed by atoms with van der Waals surface area (Å²) in [7, 11) is 0. The first kappa shape index (κ1) is 17.4. The van der Waals surface area contributed by atoms with Crippen LogP contribution in [-0.4, -0.2) is 29.4 Å². The molecule has 0 saturated heterocycles. The maximum atomic E-state index is 12.5. The molecule has 2 aromatic rings. The molecule has 0 saturated carbocycles. The summed E-state index contributed by atoms with van der Waals surface area (Å²) in [5.74, 6) is -0.283. The molecule has 4 nitrogen and oxygen atoms in total. The van der Waals surface area contributed by atoms with Gasteiger partial charge < -0.3 is 10.4 Å². The second kappa shape index (κ2) is 8.04. The molecule has 0 fully saturated rings. The Bertz CT molecular complexity index is 665. The summed E-state index contributed by atoms with van der Waals surface area (Å²) in [6.07, 6.45) is 0.0445. The van der Waals surface area contributed by atoms with Crippen LogP contribution >= 0.6 is 11.3 Å². The van der Waals surface area contributed by atoms with Crippen LogP contribution in [0.25, 0.3) is 0 Å². The number of hydrogen-bond acceptors (Lipinski definition) is 4. The van der Waals surface area contributed by atoms with Gasteiger partial charge in [-0.25, -0.2) is 0 Å². The van der Waals surface area contributed by atoms with Crippen molar-refractivity contribution in [1.82, 2.24) is 5.32 Å². The Hall–Kier alpha value is -1.98. The Balaban J connectivity index is 2.08. The van der Waals surface area contributed by atoms with E-state index in [4.69, 9.17) is 0 Å². The summed E-state index contributed by atoms with van der Waals surface area (Å²) in [6, 6.07) is 10.4. The van der Waals surface area contributed by atoms with Gasteiger partial charge in [-0.15, -0.1) is 11.3 Å². The van der Waals surface area contributed by atoms with Crippen LogP contribution < -0.4 is 5.32 Å². The average Bonchev–Trinajstić information content (AvgIpc) is 3.08. The predicted molar refractivity (Wildman–Crippen MR) is 92.0 cm³/mol. The van der Waals surface area contributed by atoms with Crippen molar-refractivity contribution in [3.63, 3.8) is 0 Å². The maximum Gasteiger partial charge on any atom is 0.252 e. The van der Waals surface area contributed by atoms with Gasteiger partial charge in [-0.05, 0) is 29.9 Å². The smallest absolute Gasteiger partial charge is 0.252 e. The van der Waals surface area contributed by atoms with Gasteiger partial charge in [0.15, 0.2) is 0 Å². The fraction of sp³-hybridized carbons (Fsp3) is 0.333. The fourth-order valence-electron chi connectivity index (χ4n) is 2.18. The molecule has 1 aromatic heterocycles. The van der Waals surface area contributed by atoms with E-state index in [1.54, 1.807) is 30.3 Å². The third-order valence-corrected chi connectivity index (χ3v) is 4.53. The zero-order valence-electron chi connectivity index (χ0n) is 13.3. The molecule has 122 valence electrons. The lowest BCUT2D eigenvalue weighted by molar-refractivity contribution is 0.0912. The first-order chi connectivity index (χ1) is 11.0. The summed E-state index contributed by atoms with van der Waals surface area (Å²) in [5, 5.41) is 14.4. The molecule has 23 heavy (non-hydrogen) atoms. The Morgan fingerprint density at radius 2 is 1.83 bits per heavy atom. The number of aliphatic hydroxyl groups is 1. The van der Waals surface area contributed by atoms with E-state index in [2.05, 4.69) is 5.32 Å². The number of amides is 1. The Kier molecular flexibility index (Phi) is 6.07. The SMILES string of the molecule is CC(C)C(O)CCNC(=O)c1ccccc1C(=O)c1cccs1. The minimum atomic E-state index is -0.446. The molecule has 1 unspecified atom stereocenters. The lowest BCUT2D eigenvalue weighted by Crippen LogP contribution is -2.29. The maximum absolute atomic E-state index is 12.5. The molecule has 1 amide bonds. The molecule has 0 aliphatic carbocycles. The Morgan fingerprint density at radius 3 is 2.43 bits per heavy atom. The van der Waals surface area contributed by atoms with Crippen molar-refractivity contribution in [1.29, 1.82) is 0 Å². The molecule has 5 heteroatoms. The second-order valence-corrected chi connectivity index (χ2v) is 6.66. The van der Waals surface area contributed by atoms with Crippen molar-refractivity contribution in [3.05, 3.63) is 57.8 Å². The number of thiophene rings is 1. The van der Waals surface area contributed by atoms with Crippen molar-refractivity contribution in [2.24, 2.45) is 5.92 Å². The van der Waals surface area contributed by atoms with E-state index < -0.39 is 6.10 Å². The summed E-state index contributed by atoms with van der Waals surface area (Å²) < 4.78 is 0. The molecule has 1 aromatic carbocycles. The molecule has 2 rings (SSSR count). The monoisotopic (exact) mass is 331 g/mol. The van der Waals surface area contributed by atoms with Crippen molar-refractivity contribution < 1.29 is 14.7 Å². The van der Waals surface area contributed by atoms with Gasteiger partial charge in [-0.3, -0.25) is 9.59 Å². The van der Waals surface area contributed by atoms with Gasteiger partial charge in [0, 0.05) is 12.1 Å². The fourth-order valence-corrected chi connectivity index (χ4v) is 2.86. The molecule has 0 radical (unpaired) electrons. The van der Waals surface area contributed by atoms with Crippen molar-refractivity contribution in [2.75, 3.05) is 6.54 Å². The number of nitrogens with one attached hydrogen (secondary N) is 1. The molecular weight excluding hydrogens is 310 g/mol. The number of benzene rings is 1. The first-order valence-electron chi connectivity index (χ1n) is 7.64. The van der Waals surface area contributed by atoms with Crippen LogP contribution in [0.5, 0.6) is 0 Å². The van der Waals surface area contributed by atoms with Crippen LogP contribution in [0.3, 0.4) is 0 Å². The highest BCUT2D eigenvalue weighted by Gasteiger charge is 2.18. The number of carbonyl (C=O) groups excluding carboxylic acids is 2. The van der Waals surface area contributed by atoms with Crippen molar-refractivity contribution in [3.8, 4) is 0 Å². The number of carbonyl (C=O) groups is 2. The lowest BCUT2D eigenvalue weighted by Gasteiger charge is -2.15. The highest BCUT2D eigenvalue weighted by molar-refractivity contribution is 7.12. The van der Waals surface area contributed by atoms with Crippen LogP contribution in [0.4, 0.5) is 0 Å². The van der Waals surface area contributed by atoms with E-state index in [0.717, 1.165) is 0 Å². The number of ketones is 1. The standard InChI is InChI=1S/C18H21NO3S/c1-12(2)15(20)9-10-19-18(22)14-7-4-3-6-13(14)17(21)16-8-5-11-23-16/h3-8,11-12,15,20H,9-10H2,1-2H3,(H,19,22). The minimum Gasteiger partial charge on any atom is -0.393 e. The summed E-state index contributed by atoms with van der Waals surface area (Å²) >= 11 is 1.36. The summed E-state index contributed by atoms with van der Waals surface area (Å²) in [5.41, 5.74) is 0.766. The Morgan fingerprint density at radius 1 is 1.13 bits per heavy atom. The van der Waals surface area contributed by atoms with E-state index in [-0.39, 0.29) is 17.6 Å². The van der Waals surface area contributed by atoms with Gasteiger partial charge in [0.25, 0.3) is 5.91 Å². The van der Waals surface area contributed by atoms with Crippen molar-refractivity contribution >= 4 is 23.0 Å². The number of aliphatic hydroxyl groups excluding tert-OH is 1. The normalized spacial score (nSPS) is 12.2. The first-order valence-corrected chi connectivity index (χ1v) is 8.52. The van der Waals surface area contributed by atoms with Gasteiger partial charge >= 0.3 is 0 Å². The zero-order chi connectivity index (χ0) is 16.8. The van der Waals surface area contributed by atoms with Crippen LogP contribution in [-0.2, 0) is 0 Å². The topological polar surface area (TPSA) is 66.4 Å². The summed E-state index contributed by atoms with van der Waals surface area (Å²) in [6.45, 7) is 4.24. The predicted octanol–water partition coefficient (Wildman–Crippen LogP) is 3.12. The quantitative estimate of drug-likeness (QED) is 0.766. The van der Waals surface area contributed by atoms with E-state index in [1.165, 1.54) is 11.3 Å². The van der Waals surface area contributed by atoms with Gasteiger partial charge in [-0.1, -0.05) is 38.1 Å². The van der Waals surface area contributed by atoms with E-state index >= 15 is 0 Å². The van der Waals surface area contributed by atoms with Gasteiger partial charge in [-0.2, -0.15) is 0 Å². The molecule has 1 atom stereocenters. The second-order valence-electron chi connectivity index (χ2n) is 5.71. The largest absolute Gasteiger partial charge is 0.393 e. The zero-order valence-corrected chi connectivity index (χ0v) is 14.1. The lowest BCUT2D eigenvalue weighted by atomic mass is 10.0. The molecular formula is C18H21NO3S. The average molecular weight is 331 g/mol.